The molecule has 2 rings (SSSR count). The highest BCUT2D eigenvalue weighted by molar-refractivity contribution is 7.09. The fraction of sp³-hybridized carbons (Fsp3) is 0.750. The van der Waals surface area contributed by atoms with Gasteiger partial charge in [-0.2, -0.15) is 4.37 Å². The van der Waals surface area contributed by atoms with E-state index < -0.39 is 6.10 Å². The molecule has 0 radical (unpaired) electrons. The van der Waals surface area contributed by atoms with Gasteiger partial charge >= 0.3 is 0 Å². The molecule has 1 atom stereocenters. The molecule has 0 aliphatic carbocycles. The maximum atomic E-state index is 9.26. The number of hydrogen-bond donors (Lipinski definition) is 1. The van der Waals surface area contributed by atoms with Crippen molar-refractivity contribution in [3.8, 4) is 0 Å². The van der Waals surface area contributed by atoms with E-state index in [1.54, 1.807) is 5.06 Å². The third-order valence-corrected chi connectivity index (χ3v) is 2.70. The molecule has 0 saturated carbocycles. The Hall–Kier alpha value is -0.720. The quantitative estimate of drug-likeness (QED) is 0.800. The highest BCUT2D eigenvalue weighted by Gasteiger charge is 2.24. The number of β-amino-alcohol motifs (C(OH)–C–C–N with tert-alkyl or cyclic N) is 1. The average molecular weight is 215 g/mol. The van der Waals surface area contributed by atoms with Crippen LogP contribution in [0, 0.1) is 0 Å². The SMILES string of the molecule is CCCc1nsc(N2CC(O)CO2)n1. The minimum absolute atomic E-state index is 0.350. The van der Waals surface area contributed by atoms with Gasteiger partial charge in [0, 0.05) is 18.0 Å². The standard InChI is InChI=1S/C8H13N3O2S/c1-2-3-7-9-8(14-10-7)11-4-6(12)5-13-11/h6,12H,2-5H2,1H3. The van der Waals surface area contributed by atoms with E-state index in [1.807, 2.05) is 0 Å². The maximum Gasteiger partial charge on any atom is 0.229 e. The van der Waals surface area contributed by atoms with Crippen LogP contribution in [0.2, 0.25) is 0 Å². The van der Waals surface area contributed by atoms with Crippen molar-refractivity contribution in [2.24, 2.45) is 0 Å². The first-order valence-electron chi connectivity index (χ1n) is 4.70. The minimum atomic E-state index is -0.409. The van der Waals surface area contributed by atoms with Crippen LogP contribution >= 0.6 is 11.5 Å². The van der Waals surface area contributed by atoms with Crippen molar-refractivity contribution in [1.29, 1.82) is 0 Å². The molecular weight excluding hydrogens is 202 g/mol. The van der Waals surface area contributed by atoms with Gasteiger partial charge < -0.3 is 5.11 Å². The molecule has 1 aliphatic heterocycles. The second-order valence-corrected chi connectivity index (χ2v) is 3.98. The molecule has 1 aromatic rings. The van der Waals surface area contributed by atoms with Crippen molar-refractivity contribution in [1.82, 2.24) is 9.36 Å². The first-order valence-corrected chi connectivity index (χ1v) is 5.48. The van der Waals surface area contributed by atoms with Crippen LogP contribution in [0.4, 0.5) is 5.13 Å². The van der Waals surface area contributed by atoms with Crippen molar-refractivity contribution in [2.75, 3.05) is 18.2 Å². The molecule has 5 nitrogen and oxygen atoms in total. The summed E-state index contributed by atoms with van der Waals surface area (Å²) in [6.45, 7) is 2.93. The van der Waals surface area contributed by atoms with Crippen molar-refractivity contribution in [2.45, 2.75) is 25.9 Å². The minimum Gasteiger partial charge on any atom is -0.389 e. The second kappa shape index (κ2) is 4.20. The summed E-state index contributed by atoms with van der Waals surface area (Å²) in [7, 11) is 0. The van der Waals surface area contributed by atoms with Crippen LogP contribution in [0.1, 0.15) is 19.2 Å². The molecule has 1 N–H and O–H groups in total. The fourth-order valence-corrected chi connectivity index (χ4v) is 1.96. The predicted octanol–water partition coefficient (Wildman–Crippen LogP) is 0.603. The third kappa shape index (κ3) is 2.02. The monoisotopic (exact) mass is 215 g/mol. The molecule has 1 aromatic heterocycles. The largest absolute Gasteiger partial charge is 0.389 e. The Balaban J connectivity index is 2.02. The van der Waals surface area contributed by atoms with E-state index in [1.165, 1.54) is 11.5 Å². The molecule has 14 heavy (non-hydrogen) atoms. The number of aliphatic hydroxyl groups is 1. The second-order valence-electron chi connectivity index (χ2n) is 3.25. The zero-order valence-electron chi connectivity index (χ0n) is 8.01. The molecule has 78 valence electrons. The lowest BCUT2D eigenvalue weighted by Gasteiger charge is -2.09. The van der Waals surface area contributed by atoms with Gasteiger partial charge in [-0.25, -0.2) is 10.0 Å². The molecule has 6 heteroatoms. The number of aliphatic hydroxyl groups excluding tert-OH is 1. The Bertz CT molecular complexity index is 305. The normalized spacial score (nSPS) is 21.9. The van der Waals surface area contributed by atoms with Gasteiger partial charge in [-0.05, 0) is 6.42 Å². The van der Waals surface area contributed by atoms with E-state index in [0.717, 1.165) is 23.8 Å². The van der Waals surface area contributed by atoms with Gasteiger partial charge in [0.2, 0.25) is 5.13 Å². The smallest absolute Gasteiger partial charge is 0.229 e. The van der Waals surface area contributed by atoms with Gasteiger partial charge in [0.05, 0.1) is 12.6 Å². The van der Waals surface area contributed by atoms with Gasteiger partial charge in [0.15, 0.2) is 0 Å². The summed E-state index contributed by atoms with van der Waals surface area (Å²) in [6, 6.07) is 0. The molecule has 0 spiro atoms. The molecular formula is C8H13N3O2S. The van der Waals surface area contributed by atoms with Gasteiger partial charge in [-0.15, -0.1) is 0 Å². The van der Waals surface area contributed by atoms with Gasteiger partial charge in [-0.1, -0.05) is 6.92 Å². The molecule has 1 unspecified atom stereocenters. The van der Waals surface area contributed by atoms with Crippen LogP contribution in [-0.2, 0) is 11.3 Å². The average Bonchev–Trinajstić information content (AvgIpc) is 2.74. The van der Waals surface area contributed by atoms with Crippen molar-refractivity contribution in [3.05, 3.63) is 5.82 Å². The Labute approximate surface area is 86.5 Å². The van der Waals surface area contributed by atoms with Crippen molar-refractivity contribution in [3.63, 3.8) is 0 Å². The number of rotatable bonds is 3. The van der Waals surface area contributed by atoms with E-state index in [0.29, 0.717) is 13.2 Å². The van der Waals surface area contributed by atoms with Crippen LogP contribution in [0.25, 0.3) is 0 Å². The molecule has 2 heterocycles. The van der Waals surface area contributed by atoms with Crippen molar-refractivity contribution < 1.29 is 9.94 Å². The van der Waals surface area contributed by atoms with Crippen LogP contribution in [0.5, 0.6) is 0 Å². The van der Waals surface area contributed by atoms with Crippen LogP contribution in [0.15, 0.2) is 0 Å². The molecule has 0 bridgehead atoms. The summed E-state index contributed by atoms with van der Waals surface area (Å²) in [6.07, 6.45) is 1.53. The first-order chi connectivity index (χ1) is 6.79. The van der Waals surface area contributed by atoms with E-state index in [9.17, 15) is 5.11 Å². The lowest BCUT2D eigenvalue weighted by atomic mass is 10.3. The Kier molecular flexibility index (Phi) is 2.95. The summed E-state index contributed by atoms with van der Waals surface area (Å²) in [5.74, 6) is 0.859. The Morgan fingerprint density at radius 3 is 3.21 bits per heavy atom. The van der Waals surface area contributed by atoms with Crippen molar-refractivity contribution >= 4 is 16.7 Å². The number of nitrogens with zero attached hydrogens (tertiary/aromatic N) is 3. The van der Waals surface area contributed by atoms with Gasteiger partial charge in [0.1, 0.15) is 12.4 Å². The maximum absolute atomic E-state index is 9.26. The van der Waals surface area contributed by atoms with E-state index in [-0.39, 0.29) is 0 Å². The summed E-state index contributed by atoms with van der Waals surface area (Å²) in [5.41, 5.74) is 0. The molecule has 1 aliphatic rings. The lowest BCUT2D eigenvalue weighted by Crippen LogP contribution is -2.19. The highest BCUT2D eigenvalue weighted by atomic mass is 32.1. The summed E-state index contributed by atoms with van der Waals surface area (Å²) in [4.78, 5) is 9.55. The predicted molar refractivity (Wildman–Crippen MR) is 53.2 cm³/mol. The molecule has 1 saturated heterocycles. The summed E-state index contributed by atoms with van der Waals surface area (Å²) in [5, 5.41) is 11.6. The number of anilines is 1. The third-order valence-electron chi connectivity index (χ3n) is 1.94. The molecule has 1 fully saturated rings. The zero-order valence-corrected chi connectivity index (χ0v) is 8.83. The topological polar surface area (TPSA) is 58.5 Å². The number of aryl methyl sites for hydroxylation is 1. The zero-order chi connectivity index (χ0) is 9.97. The van der Waals surface area contributed by atoms with E-state index in [2.05, 4.69) is 16.3 Å². The number of aromatic nitrogens is 2. The Morgan fingerprint density at radius 1 is 1.71 bits per heavy atom. The van der Waals surface area contributed by atoms with E-state index in [4.69, 9.17) is 4.84 Å². The van der Waals surface area contributed by atoms with Crippen LogP contribution < -0.4 is 5.06 Å². The van der Waals surface area contributed by atoms with Crippen LogP contribution in [-0.4, -0.2) is 33.7 Å². The summed E-state index contributed by atoms with van der Waals surface area (Å²) >= 11 is 1.32. The number of hydrogen-bond acceptors (Lipinski definition) is 6. The number of hydroxylamine groups is 1. The Morgan fingerprint density at radius 2 is 2.57 bits per heavy atom. The van der Waals surface area contributed by atoms with Gasteiger partial charge in [-0.3, -0.25) is 4.84 Å². The molecule has 0 aromatic carbocycles. The fourth-order valence-electron chi connectivity index (χ4n) is 1.28. The first kappa shape index (κ1) is 9.82. The highest BCUT2D eigenvalue weighted by Crippen LogP contribution is 2.21. The van der Waals surface area contributed by atoms with Crippen LogP contribution in [0.3, 0.4) is 0 Å². The van der Waals surface area contributed by atoms with E-state index >= 15 is 0 Å². The summed E-state index contributed by atoms with van der Waals surface area (Å²) < 4.78 is 4.20. The molecule has 0 amide bonds. The lowest BCUT2D eigenvalue weighted by molar-refractivity contribution is 0.116. The van der Waals surface area contributed by atoms with Gasteiger partial charge in [0.25, 0.3) is 0 Å².